The maximum absolute atomic E-state index is 14.5. The number of amides is 1. The summed E-state index contributed by atoms with van der Waals surface area (Å²) in [6, 6.07) is 15.2. The van der Waals surface area contributed by atoms with Gasteiger partial charge in [-0.15, -0.1) is 0 Å². The van der Waals surface area contributed by atoms with E-state index < -0.39 is 17.5 Å². The van der Waals surface area contributed by atoms with Crippen molar-refractivity contribution in [2.45, 2.75) is 12.7 Å². The Bertz CT molecular complexity index is 1190. The van der Waals surface area contributed by atoms with Crippen molar-refractivity contribution in [3.05, 3.63) is 93.5 Å². The summed E-state index contributed by atoms with van der Waals surface area (Å²) in [5.41, 5.74) is 3.09. The number of fused-ring (bicyclic) bond motifs is 1. The molecule has 5 rings (SSSR count). The summed E-state index contributed by atoms with van der Waals surface area (Å²) in [5, 5.41) is 3.04. The highest BCUT2D eigenvalue weighted by molar-refractivity contribution is 6.34. The molecule has 2 aliphatic rings. The SMILES string of the molecule is CC1(c2ccc(F)cc2)Oc2cc(F)c(C(=O)NN3CCOCC3)cc2O1.Clc1cccc(Cl)c1. The van der Waals surface area contributed by atoms with Gasteiger partial charge in [0.05, 0.1) is 18.8 Å². The molecule has 1 amide bonds. The Balaban J connectivity index is 0.000000308. The second-order valence-electron chi connectivity index (χ2n) is 7.92. The third kappa shape index (κ3) is 6.21. The lowest BCUT2D eigenvalue weighted by atomic mass is 10.1. The number of hydrazine groups is 1. The number of halogens is 4. The minimum atomic E-state index is -1.23. The summed E-state index contributed by atoms with van der Waals surface area (Å²) < 4.78 is 44.4. The third-order valence-electron chi connectivity index (χ3n) is 5.31. The van der Waals surface area contributed by atoms with Gasteiger partial charge in [0.25, 0.3) is 11.7 Å². The molecular formula is C25H22Cl2F2N2O4. The number of nitrogens with zero attached hydrogens (tertiary/aromatic N) is 1. The molecule has 1 atom stereocenters. The van der Waals surface area contributed by atoms with Crippen LogP contribution in [0.15, 0.2) is 60.7 Å². The minimum absolute atomic E-state index is 0.146. The topological polar surface area (TPSA) is 60.0 Å². The fourth-order valence-electron chi connectivity index (χ4n) is 3.52. The Morgan fingerprint density at radius 3 is 2.11 bits per heavy atom. The van der Waals surface area contributed by atoms with E-state index in [1.165, 1.54) is 30.3 Å². The Kier molecular flexibility index (Phi) is 7.76. The molecule has 2 aliphatic heterocycles. The molecule has 1 unspecified atom stereocenters. The first-order valence-corrected chi connectivity index (χ1v) is 11.5. The van der Waals surface area contributed by atoms with Crippen molar-refractivity contribution >= 4 is 29.1 Å². The van der Waals surface area contributed by atoms with Gasteiger partial charge in [-0.05, 0) is 48.5 Å². The number of rotatable bonds is 3. The second kappa shape index (κ2) is 10.8. The number of carbonyl (C=O) groups excluding carboxylic acids is 1. The van der Waals surface area contributed by atoms with E-state index in [2.05, 4.69) is 5.43 Å². The van der Waals surface area contributed by atoms with Gasteiger partial charge in [0, 0.05) is 41.7 Å². The van der Waals surface area contributed by atoms with Crippen LogP contribution in [-0.2, 0) is 10.5 Å². The zero-order valence-electron chi connectivity index (χ0n) is 18.7. The molecule has 1 saturated heterocycles. The fourth-order valence-corrected chi connectivity index (χ4v) is 3.95. The van der Waals surface area contributed by atoms with Crippen LogP contribution in [-0.4, -0.2) is 37.2 Å². The summed E-state index contributed by atoms with van der Waals surface area (Å²) in [7, 11) is 0. The van der Waals surface area contributed by atoms with Crippen molar-refractivity contribution in [3.8, 4) is 11.5 Å². The minimum Gasteiger partial charge on any atom is -0.445 e. The highest BCUT2D eigenvalue weighted by Crippen LogP contribution is 2.45. The van der Waals surface area contributed by atoms with Gasteiger partial charge in [0.2, 0.25) is 0 Å². The van der Waals surface area contributed by atoms with Crippen molar-refractivity contribution in [2.24, 2.45) is 0 Å². The standard InChI is InChI=1S/C19H18F2N2O4.C6H4Cl2/c1-19(12-2-4-13(20)5-3-12)26-16-10-14(15(21)11-17(16)27-19)18(24)22-23-6-8-25-9-7-23;7-5-2-1-3-6(8)4-5/h2-5,10-11H,6-9H2,1H3,(H,22,24);1-4H. The molecule has 6 nitrogen and oxygen atoms in total. The maximum atomic E-state index is 14.5. The molecule has 35 heavy (non-hydrogen) atoms. The van der Waals surface area contributed by atoms with Crippen molar-refractivity contribution in [1.82, 2.24) is 10.4 Å². The Labute approximate surface area is 211 Å². The van der Waals surface area contributed by atoms with Crippen LogP contribution in [0.5, 0.6) is 11.5 Å². The van der Waals surface area contributed by atoms with Gasteiger partial charge in [-0.3, -0.25) is 10.2 Å². The summed E-state index contributed by atoms with van der Waals surface area (Å²) >= 11 is 11.1. The average molecular weight is 523 g/mol. The van der Waals surface area contributed by atoms with Crippen LogP contribution < -0.4 is 14.9 Å². The van der Waals surface area contributed by atoms with Gasteiger partial charge in [-0.1, -0.05) is 29.3 Å². The normalized spacial score (nSPS) is 19.0. The van der Waals surface area contributed by atoms with E-state index >= 15 is 0 Å². The van der Waals surface area contributed by atoms with E-state index in [0.29, 0.717) is 41.9 Å². The third-order valence-corrected chi connectivity index (χ3v) is 5.78. The molecule has 0 saturated carbocycles. The molecule has 1 N–H and O–H groups in total. The van der Waals surface area contributed by atoms with Crippen LogP contribution in [0.2, 0.25) is 10.0 Å². The van der Waals surface area contributed by atoms with Gasteiger partial charge in [0.1, 0.15) is 11.6 Å². The summed E-state index contributed by atoms with van der Waals surface area (Å²) in [6.45, 7) is 3.70. The van der Waals surface area contributed by atoms with Gasteiger partial charge in [0.15, 0.2) is 11.5 Å². The summed E-state index contributed by atoms with van der Waals surface area (Å²) in [4.78, 5) is 12.4. The Morgan fingerprint density at radius 2 is 1.54 bits per heavy atom. The van der Waals surface area contributed by atoms with Crippen LogP contribution in [0, 0.1) is 11.6 Å². The number of morpholine rings is 1. The largest absolute Gasteiger partial charge is 0.445 e. The van der Waals surface area contributed by atoms with Crippen LogP contribution >= 0.6 is 23.2 Å². The molecule has 1 fully saturated rings. The molecule has 184 valence electrons. The second-order valence-corrected chi connectivity index (χ2v) is 8.79. The highest BCUT2D eigenvalue weighted by atomic mass is 35.5. The lowest BCUT2D eigenvalue weighted by Gasteiger charge is -2.27. The smallest absolute Gasteiger partial charge is 0.275 e. The maximum Gasteiger partial charge on any atom is 0.275 e. The van der Waals surface area contributed by atoms with E-state index in [0.717, 1.165) is 6.07 Å². The predicted octanol–water partition coefficient (Wildman–Crippen LogP) is 5.58. The zero-order valence-corrected chi connectivity index (χ0v) is 20.2. The van der Waals surface area contributed by atoms with Gasteiger partial charge in [-0.25, -0.2) is 13.8 Å². The average Bonchev–Trinajstić information content (AvgIpc) is 3.16. The molecule has 3 aromatic rings. The molecule has 2 heterocycles. The van der Waals surface area contributed by atoms with Crippen molar-refractivity contribution in [2.75, 3.05) is 26.3 Å². The molecule has 0 aromatic heterocycles. The van der Waals surface area contributed by atoms with Crippen LogP contribution in [0.25, 0.3) is 0 Å². The lowest BCUT2D eigenvalue weighted by Crippen LogP contribution is -2.48. The van der Waals surface area contributed by atoms with E-state index in [1.807, 2.05) is 6.07 Å². The molecular weight excluding hydrogens is 501 g/mol. The van der Waals surface area contributed by atoms with E-state index in [1.54, 1.807) is 30.1 Å². The molecule has 3 aromatic carbocycles. The molecule has 0 bridgehead atoms. The van der Waals surface area contributed by atoms with E-state index in [-0.39, 0.29) is 22.9 Å². The molecule has 0 radical (unpaired) electrons. The first-order valence-electron chi connectivity index (χ1n) is 10.8. The first-order chi connectivity index (χ1) is 16.7. The summed E-state index contributed by atoms with van der Waals surface area (Å²) in [6.07, 6.45) is 0. The van der Waals surface area contributed by atoms with Crippen LogP contribution in [0.4, 0.5) is 8.78 Å². The van der Waals surface area contributed by atoms with Gasteiger partial charge >= 0.3 is 0 Å². The van der Waals surface area contributed by atoms with Gasteiger partial charge in [-0.2, -0.15) is 0 Å². The molecule has 0 spiro atoms. The van der Waals surface area contributed by atoms with Crippen molar-refractivity contribution in [3.63, 3.8) is 0 Å². The molecule has 10 heteroatoms. The first kappa shape index (κ1) is 25.2. The fraction of sp³-hybridized carbons (Fsp3) is 0.240. The number of benzene rings is 3. The van der Waals surface area contributed by atoms with E-state index in [4.69, 9.17) is 37.4 Å². The Hall–Kier alpha value is -2.91. The van der Waals surface area contributed by atoms with Crippen molar-refractivity contribution in [1.29, 1.82) is 0 Å². The quantitative estimate of drug-likeness (QED) is 0.486. The number of nitrogens with one attached hydrogen (secondary N) is 1. The number of hydrogen-bond donors (Lipinski definition) is 1. The Morgan fingerprint density at radius 1 is 0.943 bits per heavy atom. The highest BCUT2D eigenvalue weighted by Gasteiger charge is 2.40. The van der Waals surface area contributed by atoms with Crippen LogP contribution in [0.1, 0.15) is 22.8 Å². The zero-order chi connectivity index (χ0) is 25.0. The number of carbonyl (C=O) groups is 1. The van der Waals surface area contributed by atoms with Crippen molar-refractivity contribution < 1.29 is 27.8 Å². The monoisotopic (exact) mass is 522 g/mol. The molecule has 0 aliphatic carbocycles. The van der Waals surface area contributed by atoms with Crippen LogP contribution in [0.3, 0.4) is 0 Å². The lowest BCUT2D eigenvalue weighted by molar-refractivity contribution is -0.0681. The van der Waals surface area contributed by atoms with E-state index in [9.17, 15) is 13.6 Å². The predicted molar refractivity (Wildman–Crippen MR) is 128 cm³/mol. The number of ether oxygens (including phenoxy) is 3. The van der Waals surface area contributed by atoms with Gasteiger partial charge < -0.3 is 14.2 Å². The number of hydrogen-bond acceptors (Lipinski definition) is 5. The summed E-state index contributed by atoms with van der Waals surface area (Å²) in [5.74, 6) is -2.48.